The average molecular weight is 527 g/mol. The van der Waals surface area contributed by atoms with Crippen molar-refractivity contribution in [3.8, 4) is 5.75 Å². The lowest BCUT2D eigenvalue weighted by Gasteiger charge is -2.27. The van der Waals surface area contributed by atoms with Crippen molar-refractivity contribution in [3.05, 3.63) is 146 Å². The minimum absolute atomic E-state index is 0.750. The van der Waals surface area contributed by atoms with Gasteiger partial charge in [-0.05, 0) is 39.9 Å². The Kier molecular flexibility index (Phi) is 7.14. The van der Waals surface area contributed by atoms with Crippen molar-refractivity contribution in [2.24, 2.45) is 0 Å². The molecule has 0 aliphatic carbocycles. The van der Waals surface area contributed by atoms with Crippen LogP contribution in [0.15, 0.2) is 146 Å². The van der Waals surface area contributed by atoms with Crippen LogP contribution in [0.1, 0.15) is 0 Å². The SMILES string of the molecule is S=P(Oc1cccc(P(=S)(c2ccccc2)c2ccccc2)c1)(c1ccccc1)c1ccccc1. The van der Waals surface area contributed by atoms with Crippen molar-refractivity contribution >= 4 is 62.4 Å². The quantitative estimate of drug-likeness (QED) is 0.246. The standard InChI is InChI=1S/C30H24OP2S2/c34-32(26-15-5-1-6-16-26,27-17-7-2-8-18-27)30-23-13-14-25(24-30)31-33(35,28-19-9-3-10-20-28)29-21-11-4-12-22-29/h1-24H. The lowest BCUT2D eigenvalue weighted by Crippen LogP contribution is -2.25. The Morgan fingerprint density at radius 3 is 1.20 bits per heavy atom. The summed E-state index contributed by atoms with van der Waals surface area (Å²) in [6.45, 7) is 0. The summed E-state index contributed by atoms with van der Waals surface area (Å²) < 4.78 is 6.78. The molecule has 0 amide bonds. The van der Waals surface area contributed by atoms with Crippen LogP contribution in [-0.2, 0) is 23.6 Å². The Balaban J connectivity index is 1.63. The van der Waals surface area contributed by atoms with Crippen molar-refractivity contribution < 1.29 is 4.52 Å². The van der Waals surface area contributed by atoms with Crippen molar-refractivity contribution in [1.29, 1.82) is 0 Å². The van der Waals surface area contributed by atoms with E-state index in [2.05, 4.69) is 84.9 Å². The molecule has 172 valence electrons. The highest BCUT2D eigenvalue weighted by atomic mass is 32.4. The van der Waals surface area contributed by atoms with Crippen LogP contribution in [0, 0.1) is 0 Å². The Hall–Kier alpha value is -2.80. The molecule has 0 N–H and O–H groups in total. The van der Waals surface area contributed by atoms with E-state index in [0.29, 0.717) is 0 Å². The highest BCUT2D eigenvalue weighted by molar-refractivity contribution is 8.25. The van der Waals surface area contributed by atoms with Gasteiger partial charge in [0.05, 0.1) is 0 Å². The van der Waals surface area contributed by atoms with Crippen LogP contribution in [0.5, 0.6) is 5.75 Å². The fraction of sp³-hybridized carbons (Fsp3) is 0. The van der Waals surface area contributed by atoms with E-state index in [-0.39, 0.29) is 0 Å². The zero-order chi connectivity index (χ0) is 24.1. The number of rotatable bonds is 7. The molecule has 0 atom stereocenters. The molecule has 5 aromatic rings. The van der Waals surface area contributed by atoms with Gasteiger partial charge >= 0.3 is 0 Å². The fourth-order valence-electron chi connectivity index (χ4n) is 4.11. The van der Waals surface area contributed by atoms with Crippen LogP contribution in [0.25, 0.3) is 0 Å². The number of benzene rings is 5. The van der Waals surface area contributed by atoms with Crippen LogP contribution >= 0.6 is 12.3 Å². The molecule has 0 heterocycles. The summed E-state index contributed by atoms with van der Waals surface area (Å²) in [4.78, 5) is 0. The molecule has 0 spiro atoms. The lowest BCUT2D eigenvalue weighted by atomic mass is 10.3. The average Bonchev–Trinajstić information content (AvgIpc) is 2.94. The monoisotopic (exact) mass is 526 g/mol. The Bertz CT molecular complexity index is 1420. The van der Waals surface area contributed by atoms with E-state index in [0.717, 1.165) is 32.3 Å². The maximum atomic E-state index is 6.78. The molecule has 0 radical (unpaired) electrons. The molecular weight excluding hydrogens is 502 g/mol. The van der Waals surface area contributed by atoms with Gasteiger partial charge in [-0.15, -0.1) is 0 Å². The summed E-state index contributed by atoms with van der Waals surface area (Å²) in [6.07, 6.45) is -2.55. The summed E-state index contributed by atoms with van der Waals surface area (Å²) in [6, 6.07) is 47.2. The van der Waals surface area contributed by atoms with E-state index in [4.69, 9.17) is 28.1 Å². The predicted octanol–water partition coefficient (Wildman–Crippen LogP) is 5.87. The normalized spacial score (nSPS) is 11.7. The lowest BCUT2D eigenvalue weighted by molar-refractivity contribution is 0.628. The van der Waals surface area contributed by atoms with E-state index in [9.17, 15) is 0 Å². The van der Waals surface area contributed by atoms with Gasteiger partial charge in [0, 0.05) is 16.6 Å². The van der Waals surface area contributed by atoms with E-state index in [1.54, 1.807) is 0 Å². The summed E-state index contributed by atoms with van der Waals surface area (Å²) in [5, 5.41) is 5.45. The zero-order valence-corrected chi connectivity index (χ0v) is 22.4. The van der Waals surface area contributed by atoms with Crippen LogP contribution in [-0.4, -0.2) is 0 Å². The Morgan fingerprint density at radius 2 is 0.771 bits per heavy atom. The third kappa shape index (κ3) is 4.83. The molecule has 1 nitrogen and oxygen atoms in total. The summed E-state index contributed by atoms with van der Waals surface area (Å²) in [7, 11) is 0. The van der Waals surface area contributed by atoms with Gasteiger partial charge < -0.3 is 4.52 Å². The molecule has 0 aliphatic rings. The van der Waals surface area contributed by atoms with Gasteiger partial charge in [0.1, 0.15) is 5.75 Å². The highest BCUT2D eigenvalue weighted by Gasteiger charge is 2.28. The van der Waals surface area contributed by atoms with E-state index in [1.807, 2.05) is 60.7 Å². The van der Waals surface area contributed by atoms with Gasteiger partial charge in [0.15, 0.2) is 6.26 Å². The molecule has 5 rings (SSSR count). The second-order valence-corrected chi connectivity index (χ2v) is 16.4. The van der Waals surface area contributed by atoms with Gasteiger partial charge in [-0.2, -0.15) is 0 Å². The van der Waals surface area contributed by atoms with E-state index >= 15 is 0 Å². The molecule has 35 heavy (non-hydrogen) atoms. The van der Waals surface area contributed by atoms with Crippen molar-refractivity contribution in [1.82, 2.24) is 0 Å². The minimum Gasteiger partial charge on any atom is -0.458 e. The zero-order valence-electron chi connectivity index (χ0n) is 19.0. The molecule has 0 bridgehead atoms. The Morgan fingerprint density at radius 1 is 0.400 bits per heavy atom. The second-order valence-electron chi connectivity index (χ2n) is 8.09. The minimum atomic E-state index is -2.55. The smallest absolute Gasteiger partial charge is 0.171 e. The van der Waals surface area contributed by atoms with Gasteiger partial charge in [0.2, 0.25) is 0 Å². The summed E-state index contributed by atoms with van der Waals surface area (Å²) in [5.41, 5.74) is 0. The molecular formula is C30H24OP2S2. The van der Waals surface area contributed by atoms with Crippen LogP contribution < -0.4 is 31.0 Å². The van der Waals surface area contributed by atoms with Crippen molar-refractivity contribution in [2.45, 2.75) is 0 Å². The first-order valence-corrected chi connectivity index (χ1v) is 16.9. The van der Waals surface area contributed by atoms with Crippen LogP contribution in [0.4, 0.5) is 0 Å². The van der Waals surface area contributed by atoms with Crippen LogP contribution in [0.2, 0.25) is 0 Å². The fourth-order valence-corrected chi connectivity index (χ4v) is 10.9. The molecule has 0 fully saturated rings. The second kappa shape index (κ2) is 10.4. The predicted molar refractivity (Wildman–Crippen MR) is 160 cm³/mol. The van der Waals surface area contributed by atoms with Crippen molar-refractivity contribution in [2.75, 3.05) is 0 Å². The molecule has 0 saturated heterocycles. The van der Waals surface area contributed by atoms with Crippen LogP contribution in [0.3, 0.4) is 0 Å². The summed E-state index contributed by atoms with van der Waals surface area (Å²) >= 11 is 12.8. The number of hydrogen-bond acceptors (Lipinski definition) is 3. The largest absolute Gasteiger partial charge is 0.458 e. The third-order valence-electron chi connectivity index (χ3n) is 5.85. The van der Waals surface area contributed by atoms with Gasteiger partial charge in [-0.25, -0.2) is 0 Å². The maximum Gasteiger partial charge on any atom is 0.171 e. The first kappa shape index (κ1) is 23.9. The first-order chi connectivity index (χ1) is 17.1. The molecule has 0 saturated carbocycles. The third-order valence-corrected chi connectivity index (χ3v) is 14.7. The van der Waals surface area contributed by atoms with Gasteiger partial charge in [-0.3, -0.25) is 0 Å². The molecule has 0 aliphatic heterocycles. The van der Waals surface area contributed by atoms with E-state index < -0.39 is 12.3 Å². The molecule has 0 aromatic heterocycles. The molecule has 5 aromatic carbocycles. The number of hydrogen-bond donors (Lipinski definition) is 0. The Labute approximate surface area is 217 Å². The first-order valence-electron chi connectivity index (χ1n) is 11.3. The summed E-state index contributed by atoms with van der Waals surface area (Å²) in [5.74, 6) is 0.750. The van der Waals surface area contributed by atoms with Gasteiger partial charge in [0.25, 0.3) is 0 Å². The topological polar surface area (TPSA) is 9.23 Å². The molecule has 0 unspecified atom stereocenters. The molecule has 5 heteroatoms. The van der Waals surface area contributed by atoms with Gasteiger partial charge in [-0.1, -0.05) is 145 Å². The highest BCUT2D eigenvalue weighted by Crippen LogP contribution is 2.47. The van der Waals surface area contributed by atoms with E-state index in [1.165, 1.54) is 0 Å². The van der Waals surface area contributed by atoms with Crippen molar-refractivity contribution in [3.63, 3.8) is 0 Å². The maximum absolute atomic E-state index is 6.78.